The van der Waals surface area contributed by atoms with E-state index in [4.69, 9.17) is 11.5 Å². The molecule has 1 saturated carbocycles. The van der Waals surface area contributed by atoms with Gasteiger partial charge in [0.2, 0.25) is 5.91 Å². The van der Waals surface area contributed by atoms with Gasteiger partial charge < -0.3 is 16.8 Å². The van der Waals surface area contributed by atoms with E-state index in [-0.39, 0.29) is 18.0 Å². The molecule has 64 valence electrons. The zero-order valence-corrected chi connectivity index (χ0v) is 6.60. The van der Waals surface area contributed by atoms with Crippen molar-refractivity contribution in [2.45, 2.75) is 24.8 Å². The van der Waals surface area contributed by atoms with Gasteiger partial charge in [-0.3, -0.25) is 4.79 Å². The number of carbonyl (C=O) groups is 1. The van der Waals surface area contributed by atoms with E-state index in [0.29, 0.717) is 6.54 Å². The van der Waals surface area contributed by atoms with Gasteiger partial charge in [0.25, 0.3) is 0 Å². The van der Waals surface area contributed by atoms with Crippen LogP contribution in [-0.2, 0) is 4.79 Å². The fourth-order valence-electron chi connectivity index (χ4n) is 0.934. The van der Waals surface area contributed by atoms with Crippen LogP contribution in [0.15, 0.2) is 0 Å². The molecule has 1 rings (SSSR count). The third kappa shape index (κ3) is 2.86. The van der Waals surface area contributed by atoms with Gasteiger partial charge in [-0.2, -0.15) is 0 Å². The highest BCUT2D eigenvalue weighted by Gasteiger charge is 2.37. The van der Waals surface area contributed by atoms with Crippen LogP contribution in [0.3, 0.4) is 0 Å². The predicted octanol–water partition coefficient (Wildman–Crippen LogP) is -1.06. The molecule has 4 heteroatoms. The highest BCUT2D eigenvalue weighted by atomic mass is 16.1. The van der Waals surface area contributed by atoms with Crippen LogP contribution < -0.4 is 16.8 Å². The van der Waals surface area contributed by atoms with Crippen molar-refractivity contribution in [3.05, 3.63) is 0 Å². The van der Waals surface area contributed by atoms with Crippen LogP contribution in [0.1, 0.15) is 19.3 Å². The van der Waals surface area contributed by atoms with Crippen molar-refractivity contribution in [1.82, 2.24) is 5.32 Å². The van der Waals surface area contributed by atoms with Crippen LogP contribution in [0.2, 0.25) is 0 Å². The molecular formula is C7H15N3O. The molecule has 0 aromatic rings. The topological polar surface area (TPSA) is 81.1 Å². The Hall–Kier alpha value is -0.610. The molecule has 0 bridgehead atoms. The first-order chi connectivity index (χ1) is 5.16. The molecule has 11 heavy (non-hydrogen) atoms. The number of hydrogen-bond donors (Lipinski definition) is 3. The van der Waals surface area contributed by atoms with Gasteiger partial charge in [0.15, 0.2) is 0 Å². The van der Waals surface area contributed by atoms with E-state index >= 15 is 0 Å². The maximum atomic E-state index is 10.6. The van der Waals surface area contributed by atoms with E-state index < -0.39 is 0 Å². The zero-order chi connectivity index (χ0) is 8.32. The molecule has 4 nitrogen and oxygen atoms in total. The number of amides is 1. The highest BCUT2D eigenvalue weighted by Crippen LogP contribution is 2.34. The number of carbonyl (C=O) groups excluding carboxylic acids is 1. The quantitative estimate of drug-likeness (QED) is 0.486. The first-order valence-corrected chi connectivity index (χ1v) is 3.92. The molecule has 0 atom stereocenters. The monoisotopic (exact) mass is 157 g/mol. The molecule has 1 aliphatic carbocycles. The molecule has 0 radical (unpaired) electrons. The lowest BCUT2D eigenvalue weighted by Gasteiger charge is -2.08. The Bertz CT molecular complexity index is 154. The summed E-state index contributed by atoms with van der Waals surface area (Å²) in [4.78, 5) is 10.6. The summed E-state index contributed by atoms with van der Waals surface area (Å²) in [6.07, 6.45) is 3.05. The second kappa shape index (κ2) is 3.19. The summed E-state index contributed by atoms with van der Waals surface area (Å²) in [6, 6.07) is 0. The van der Waals surface area contributed by atoms with Gasteiger partial charge in [-0.25, -0.2) is 0 Å². The lowest BCUT2D eigenvalue weighted by Crippen LogP contribution is -2.34. The van der Waals surface area contributed by atoms with Crippen LogP contribution in [-0.4, -0.2) is 24.5 Å². The van der Waals surface area contributed by atoms with E-state index in [1.165, 1.54) is 0 Å². The average Bonchev–Trinajstić information content (AvgIpc) is 2.68. The molecule has 0 spiro atoms. The lowest BCUT2D eigenvalue weighted by molar-refractivity contribution is -0.119. The van der Waals surface area contributed by atoms with Crippen LogP contribution in [0.5, 0.6) is 0 Å². The van der Waals surface area contributed by atoms with Crippen molar-refractivity contribution in [3.8, 4) is 0 Å². The minimum atomic E-state index is -0.103. The van der Waals surface area contributed by atoms with E-state index in [1.54, 1.807) is 0 Å². The third-order valence-corrected chi connectivity index (χ3v) is 2.02. The van der Waals surface area contributed by atoms with Gasteiger partial charge in [0, 0.05) is 12.1 Å². The standard InChI is InChI=1S/C7H15N3O/c8-5-6(11)10-4-3-7(9)1-2-7/h1-5,8-9H2,(H,10,11). The van der Waals surface area contributed by atoms with Gasteiger partial charge in [0.05, 0.1) is 6.54 Å². The second-order valence-electron chi connectivity index (χ2n) is 3.17. The fraction of sp³-hybridized carbons (Fsp3) is 0.857. The smallest absolute Gasteiger partial charge is 0.233 e. The Morgan fingerprint density at radius 2 is 2.18 bits per heavy atom. The average molecular weight is 157 g/mol. The van der Waals surface area contributed by atoms with Crippen LogP contribution in [0.25, 0.3) is 0 Å². The van der Waals surface area contributed by atoms with E-state index in [1.807, 2.05) is 0 Å². The van der Waals surface area contributed by atoms with E-state index in [0.717, 1.165) is 19.3 Å². The Morgan fingerprint density at radius 1 is 1.55 bits per heavy atom. The molecule has 0 heterocycles. The highest BCUT2D eigenvalue weighted by molar-refractivity contribution is 5.77. The molecule has 0 saturated heterocycles. The minimum Gasteiger partial charge on any atom is -0.355 e. The lowest BCUT2D eigenvalue weighted by atomic mass is 10.2. The Morgan fingerprint density at radius 3 is 2.64 bits per heavy atom. The normalized spacial score (nSPS) is 19.5. The molecule has 1 fully saturated rings. The Labute approximate surface area is 66.3 Å². The van der Waals surface area contributed by atoms with Crippen LogP contribution >= 0.6 is 0 Å². The molecule has 1 aliphatic rings. The maximum absolute atomic E-state index is 10.6. The Kier molecular flexibility index (Phi) is 2.46. The van der Waals surface area contributed by atoms with Crippen molar-refractivity contribution in [3.63, 3.8) is 0 Å². The van der Waals surface area contributed by atoms with Gasteiger partial charge in [0.1, 0.15) is 0 Å². The van der Waals surface area contributed by atoms with Gasteiger partial charge in [-0.15, -0.1) is 0 Å². The minimum absolute atomic E-state index is 0.0296. The predicted molar refractivity (Wildman–Crippen MR) is 42.8 cm³/mol. The summed E-state index contributed by atoms with van der Waals surface area (Å²) in [5, 5.41) is 2.68. The summed E-state index contributed by atoms with van der Waals surface area (Å²) in [5.74, 6) is -0.103. The van der Waals surface area contributed by atoms with Crippen molar-refractivity contribution >= 4 is 5.91 Å². The summed E-state index contributed by atoms with van der Waals surface area (Å²) < 4.78 is 0. The van der Waals surface area contributed by atoms with Crippen molar-refractivity contribution in [2.24, 2.45) is 11.5 Å². The summed E-state index contributed by atoms with van der Waals surface area (Å²) >= 11 is 0. The third-order valence-electron chi connectivity index (χ3n) is 2.02. The fourth-order valence-corrected chi connectivity index (χ4v) is 0.934. The molecule has 1 amide bonds. The summed E-state index contributed by atoms with van der Waals surface area (Å²) in [6.45, 7) is 0.726. The summed E-state index contributed by atoms with van der Waals surface area (Å²) in [7, 11) is 0. The first kappa shape index (κ1) is 8.49. The molecule has 5 N–H and O–H groups in total. The van der Waals surface area contributed by atoms with Crippen LogP contribution in [0, 0.1) is 0 Å². The van der Waals surface area contributed by atoms with E-state index in [2.05, 4.69) is 5.32 Å². The molecule has 0 aromatic carbocycles. The molecular weight excluding hydrogens is 142 g/mol. The van der Waals surface area contributed by atoms with E-state index in [9.17, 15) is 4.79 Å². The molecule has 0 unspecified atom stereocenters. The number of nitrogens with two attached hydrogens (primary N) is 2. The molecule has 0 aromatic heterocycles. The number of hydrogen-bond acceptors (Lipinski definition) is 3. The number of nitrogens with one attached hydrogen (secondary N) is 1. The van der Waals surface area contributed by atoms with Crippen LogP contribution in [0.4, 0.5) is 0 Å². The first-order valence-electron chi connectivity index (χ1n) is 3.92. The summed E-state index contributed by atoms with van der Waals surface area (Å²) in [5.41, 5.74) is 10.9. The second-order valence-corrected chi connectivity index (χ2v) is 3.17. The molecule has 0 aliphatic heterocycles. The SMILES string of the molecule is NCC(=O)NCCC1(N)CC1. The van der Waals surface area contributed by atoms with Gasteiger partial charge in [-0.05, 0) is 19.3 Å². The van der Waals surface area contributed by atoms with Crippen molar-refractivity contribution in [2.75, 3.05) is 13.1 Å². The Balaban J connectivity index is 2.00. The maximum Gasteiger partial charge on any atom is 0.233 e. The van der Waals surface area contributed by atoms with Gasteiger partial charge >= 0.3 is 0 Å². The largest absolute Gasteiger partial charge is 0.355 e. The zero-order valence-electron chi connectivity index (χ0n) is 6.60. The van der Waals surface area contributed by atoms with Crippen molar-refractivity contribution in [1.29, 1.82) is 0 Å². The van der Waals surface area contributed by atoms with Crippen molar-refractivity contribution < 1.29 is 4.79 Å². The number of rotatable bonds is 4. The van der Waals surface area contributed by atoms with Gasteiger partial charge in [-0.1, -0.05) is 0 Å².